The number of hydrogen-bond donors (Lipinski definition) is 0. The molecule has 156 valence electrons. The fourth-order valence-electron chi connectivity index (χ4n) is 3.54. The predicted octanol–water partition coefficient (Wildman–Crippen LogP) is 3.30. The molecule has 2 aromatic carbocycles. The number of nitrogens with zero attached hydrogens (tertiary/aromatic N) is 5. The van der Waals surface area contributed by atoms with Crippen LogP contribution in [0.4, 0.5) is 5.69 Å². The molecule has 0 N–H and O–H groups in total. The standard InChI is InChI=1S/C22H19N5O4/c1-13-8-15(3)16(9-14(13)2)20(28)11-25-12-23-21-17(22(25)29)10-24-26(21)18-6-4-5-7-19(18)27(30)31/h4-10,12H,11H2,1-3H3. The number of rotatable bonds is 5. The molecule has 4 aromatic rings. The molecule has 0 amide bonds. The van der Waals surface area contributed by atoms with E-state index in [2.05, 4.69) is 10.1 Å². The zero-order chi connectivity index (χ0) is 22.3. The molecule has 2 heterocycles. The number of Topliss-reactive ketones (excluding diaryl/α,β-unsaturated/α-hetero) is 1. The number of fused-ring (bicyclic) bond motifs is 1. The van der Waals surface area contributed by atoms with Crippen molar-refractivity contribution in [2.45, 2.75) is 27.3 Å². The maximum atomic E-state index is 12.9. The molecular weight excluding hydrogens is 398 g/mol. The molecule has 0 fully saturated rings. The summed E-state index contributed by atoms with van der Waals surface area (Å²) in [5, 5.41) is 15.6. The van der Waals surface area contributed by atoms with E-state index in [1.165, 1.54) is 33.9 Å². The lowest BCUT2D eigenvalue weighted by Gasteiger charge is -2.10. The minimum Gasteiger partial charge on any atom is -0.292 e. The summed E-state index contributed by atoms with van der Waals surface area (Å²) in [7, 11) is 0. The van der Waals surface area contributed by atoms with Gasteiger partial charge >= 0.3 is 0 Å². The summed E-state index contributed by atoms with van der Waals surface area (Å²) in [6.07, 6.45) is 2.58. The van der Waals surface area contributed by atoms with Crippen molar-refractivity contribution in [3.63, 3.8) is 0 Å². The van der Waals surface area contributed by atoms with Crippen molar-refractivity contribution >= 4 is 22.5 Å². The van der Waals surface area contributed by atoms with Gasteiger partial charge < -0.3 is 0 Å². The van der Waals surface area contributed by atoms with Crippen LogP contribution in [-0.4, -0.2) is 30.0 Å². The molecule has 9 heteroatoms. The molecule has 0 atom stereocenters. The molecule has 0 saturated carbocycles. The molecule has 0 aliphatic rings. The Kier molecular flexibility index (Phi) is 4.94. The molecule has 31 heavy (non-hydrogen) atoms. The SMILES string of the molecule is Cc1cc(C)c(C(=O)Cn2cnc3c(cnn3-c3ccccc3[N+](=O)[O-])c2=O)cc1C. The molecule has 9 nitrogen and oxygen atoms in total. The summed E-state index contributed by atoms with van der Waals surface area (Å²) in [5.74, 6) is -0.199. The first-order valence-electron chi connectivity index (χ1n) is 9.56. The molecule has 0 unspecified atom stereocenters. The normalized spacial score (nSPS) is 11.1. The van der Waals surface area contributed by atoms with Crippen molar-refractivity contribution in [1.29, 1.82) is 0 Å². The largest absolute Gasteiger partial charge is 0.294 e. The van der Waals surface area contributed by atoms with Crippen LogP contribution in [0.1, 0.15) is 27.0 Å². The van der Waals surface area contributed by atoms with Crippen molar-refractivity contribution < 1.29 is 9.72 Å². The van der Waals surface area contributed by atoms with Crippen LogP contribution in [0.2, 0.25) is 0 Å². The van der Waals surface area contributed by atoms with E-state index in [1.807, 2.05) is 32.9 Å². The van der Waals surface area contributed by atoms with Gasteiger partial charge in [0.25, 0.3) is 11.2 Å². The van der Waals surface area contributed by atoms with E-state index in [1.54, 1.807) is 12.1 Å². The Labute approximate surface area is 176 Å². The monoisotopic (exact) mass is 417 g/mol. The number of carbonyl (C=O) groups excluding carboxylic acids is 1. The average molecular weight is 417 g/mol. The first-order chi connectivity index (χ1) is 14.8. The van der Waals surface area contributed by atoms with Crippen LogP contribution in [-0.2, 0) is 6.54 Å². The summed E-state index contributed by atoms with van der Waals surface area (Å²) in [4.78, 5) is 40.9. The number of nitro benzene ring substituents is 1. The predicted molar refractivity (Wildman–Crippen MR) is 115 cm³/mol. The average Bonchev–Trinajstić information content (AvgIpc) is 3.17. The van der Waals surface area contributed by atoms with Crippen LogP contribution in [0, 0.1) is 30.9 Å². The van der Waals surface area contributed by atoms with Crippen molar-refractivity contribution in [2.24, 2.45) is 0 Å². The molecule has 0 saturated heterocycles. The smallest absolute Gasteiger partial charge is 0.292 e. The van der Waals surface area contributed by atoms with Gasteiger partial charge in [-0.1, -0.05) is 18.2 Å². The Morgan fingerprint density at radius 2 is 1.81 bits per heavy atom. The van der Waals surface area contributed by atoms with E-state index in [0.29, 0.717) is 5.56 Å². The van der Waals surface area contributed by atoms with Gasteiger partial charge in [-0.2, -0.15) is 5.10 Å². The minimum absolute atomic E-state index is 0.154. The van der Waals surface area contributed by atoms with Gasteiger partial charge in [-0.25, -0.2) is 9.67 Å². The Morgan fingerprint density at radius 1 is 1.10 bits per heavy atom. The van der Waals surface area contributed by atoms with Gasteiger partial charge in [0, 0.05) is 11.6 Å². The van der Waals surface area contributed by atoms with Gasteiger partial charge in [0.2, 0.25) is 0 Å². The highest BCUT2D eigenvalue weighted by Gasteiger charge is 2.20. The maximum absolute atomic E-state index is 12.9. The maximum Gasteiger partial charge on any atom is 0.294 e. The topological polar surface area (TPSA) is 113 Å². The third-order valence-electron chi connectivity index (χ3n) is 5.32. The third kappa shape index (κ3) is 3.50. The van der Waals surface area contributed by atoms with E-state index in [4.69, 9.17) is 0 Å². The first-order valence-corrected chi connectivity index (χ1v) is 9.56. The molecular formula is C22H19N5O4. The molecule has 2 aromatic heterocycles. The van der Waals surface area contributed by atoms with Gasteiger partial charge in [0.05, 0.1) is 17.7 Å². The number of aryl methyl sites for hydroxylation is 3. The lowest BCUT2D eigenvalue weighted by molar-refractivity contribution is -0.384. The summed E-state index contributed by atoms with van der Waals surface area (Å²) < 4.78 is 2.49. The summed E-state index contributed by atoms with van der Waals surface area (Å²) in [5.41, 5.74) is 3.30. The Hall–Kier alpha value is -4.14. The highest BCUT2D eigenvalue weighted by molar-refractivity contribution is 5.97. The second kappa shape index (κ2) is 7.60. The number of nitro groups is 1. The van der Waals surface area contributed by atoms with Crippen LogP contribution in [0.3, 0.4) is 0 Å². The van der Waals surface area contributed by atoms with Gasteiger partial charge in [-0.3, -0.25) is 24.3 Å². The third-order valence-corrected chi connectivity index (χ3v) is 5.32. The number of hydrogen-bond acceptors (Lipinski definition) is 6. The molecule has 4 rings (SSSR count). The Bertz CT molecular complexity index is 1420. The number of carbonyl (C=O) groups is 1. The fourth-order valence-corrected chi connectivity index (χ4v) is 3.54. The number of ketones is 1. The van der Waals surface area contributed by atoms with E-state index in [9.17, 15) is 19.7 Å². The van der Waals surface area contributed by atoms with Crippen molar-refractivity contribution in [2.75, 3.05) is 0 Å². The van der Waals surface area contributed by atoms with E-state index >= 15 is 0 Å². The summed E-state index contributed by atoms with van der Waals surface area (Å²) in [6, 6.07) is 9.86. The van der Waals surface area contributed by atoms with E-state index in [0.717, 1.165) is 16.7 Å². The number of aromatic nitrogens is 4. The number of benzene rings is 2. The van der Waals surface area contributed by atoms with Gasteiger partial charge in [0.15, 0.2) is 11.4 Å². The summed E-state index contributed by atoms with van der Waals surface area (Å²) in [6.45, 7) is 5.61. The Morgan fingerprint density at radius 3 is 2.55 bits per heavy atom. The van der Waals surface area contributed by atoms with Gasteiger partial charge in [-0.15, -0.1) is 0 Å². The van der Waals surface area contributed by atoms with Crippen LogP contribution in [0.5, 0.6) is 0 Å². The Balaban J connectivity index is 1.74. The molecule has 0 aliphatic carbocycles. The molecule has 0 aliphatic heterocycles. The van der Waals surface area contributed by atoms with E-state index < -0.39 is 10.5 Å². The fraction of sp³-hybridized carbons (Fsp3) is 0.182. The zero-order valence-corrected chi connectivity index (χ0v) is 17.2. The summed E-state index contributed by atoms with van der Waals surface area (Å²) >= 11 is 0. The zero-order valence-electron chi connectivity index (χ0n) is 17.2. The molecule has 0 radical (unpaired) electrons. The van der Waals surface area contributed by atoms with E-state index in [-0.39, 0.29) is 34.7 Å². The lowest BCUT2D eigenvalue weighted by Crippen LogP contribution is -2.25. The lowest BCUT2D eigenvalue weighted by atomic mass is 9.98. The molecule has 0 spiro atoms. The van der Waals surface area contributed by atoms with Gasteiger partial charge in [0.1, 0.15) is 17.4 Å². The van der Waals surface area contributed by atoms with Gasteiger partial charge in [-0.05, 0) is 49.6 Å². The second-order valence-corrected chi connectivity index (χ2v) is 7.39. The number of para-hydroxylation sites is 2. The van der Waals surface area contributed by atoms with Crippen LogP contribution >= 0.6 is 0 Å². The van der Waals surface area contributed by atoms with Crippen LogP contribution in [0.15, 0.2) is 53.7 Å². The van der Waals surface area contributed by atoms with Crippen molar-refractivity contribution in [3.8, 4) is 5.69 Å². The second-order valence-electron chi connectivity index (χ2n) is 7.39. The quantitative estimate of drug-likeness (QED) is 0.280. The van der Waals surface area contributed by atoms with Crippen molar-refractivity contribution in [1.82, 2.24) is 19.3 Å². The highest BCUT2D eigenvalue weighted by Crippen LogP contribution is 2.24. The van der Waals surface area contributed by atoms with Crippen LogP contribution < -0.4 is 5.56 Å². The minimum atomic E-state index is -0.519. The highest BCUT2D eigenvalue weighted by atomic mass is 16.6. The first kappa shape index (κ1) is 20.1. The van der Waals surface area contributed by atoms with Crippen molar-refractivity contribution in [3.05, 3.63) is 91.6 Å². The molecule has 0 bridgehead atoms. The van der Waals surface area contributed by atoms with Crippen LogP contribution in [0.25, 0.3) is 16.7 Å².